The average molecular weight is 399 g/mol. The number of nitrogens with one attached hydrogen (secondary N) is 1. The van der Waals surface area contributed by atoms with Crippen LogP contribution >= 0.6 is 12.2 Å². The van der Waals surface area contributed by atoms with Crippen LogP contribution in [0.15, 0.2) is 24.3 Å². The molecular weight excluding hydrogens is 371 g/mol. The molecule has 0 saturated carbocycles. The van der Waals surface area contributed by atoms with Crippen molar-refractivity contribution < 1.29 is 9.18 Å². The Kier molecular flexibility index (Phi) is 5.48. The van der Waals surface area contributed by atoms with E-state index in [4.69, 9.17) is 12.2 Å². The van der Waals surface area contributed by atoms with Crippen LogP contribution in [-0.2, 0) is 12.8 Å². The van der Waals surface area contributed by atoms with Gasteiger partial charge in [-0.1, -0.05) is 19.1 Å². The summed E-state index contributed by atoms with van der Waals surface area (Å²) in [6.45, 7) is 7.03. The summed E-state index contributed by atoms with van der Waals surface area (Å²) in [5, 5.41) is 0. The molecule has 2 heterocycles. The Morgan fingerprint density at radius 2 is 2.07 bits per heavy atom. The van der Waals surface area contributed by atoms with Gasteiger partial charge in [0.25, 0.3) is 0 Å². The number of aromatic amines is 1. The van der Waals surface area contributed by atoms with Gasteiger partial charge in [0.1, 0.15) is 5.82 Å². The van der Waals surface area contributed by atoms with Gasteiger partial charge in [0.05, 0.1) is 0 Å². The molecule has 1 aromatic carbocycles. The molecule has 4 rings (SSSR count). The van der Waals surface area contributed by atoms with Crippen molar-refractivity contribution in [3.8, 4) is 0 Å². The fourth-order valence-electron chi connectivity index (χ4n) is 4.93. The Hall–Kier alpha value is -1.85. The summed E-state index contributed by atoms with van der Waals surface area (Å²) in [6.07, 6.45) is 3.67. The summed E-state index contributed by atoms with van der Waals surface area (Å²) in [5.74, 6) is 0.768. The predicted molar refractivity (Wildman–Crippen MR) is 114 cm³/mol. The Morgan fingerprint density at radius 1 is 1.32 bits per heavy atom. The lowest BCUT2D eigenvalue weighted by atomic mass is 9.73. The fraction of sp³-hybridized carbons (Fsp3) is 0.478. The van der Waals surface area contributed by atoms with Crippen molar-refractivity contribution in [1.82, 2.24) is 9.88 Å². The third-order valence-corrected chi connectivity index (χ3v) is 6.97. The van der Waals surface area contributed by atoms with Gasteiger partial charge in [-0.15, -0.1) is 0 Å². The molecule has 1 fully saturated rings. The highest BCUT2D eigenvalue weighted by Gasteiger charge is 2.39. The molecular formula is C23H27FN2OS. The number of piperidine rings is 1. The molecule has 1 aliphatic carbocycles. The zero-order valence-electron chi connectivity index (χ0n) is 16.6. The molecule has 0 unspecified atom stereocenters. The molecule has 148 valence electrons. The minimum absolute atomic E-state index is 0.0742. The number of benzene rings is 1. The number of Topliss-reactive ketones (excluding diaryl/α,β-unsaturated/α-hetero) is 1. The molecule has 0 amide bonds. The minimum atomic E-state index is -0.310. The van der Waals surface area contributed by atoms with E-state index in [2.05, 4.69) is 23.7 Å². The number of halogens is 1. The van der Waals surface area contributed by atoms with Crippen LogP contribution in [0.1, 0.15) is 52.6 Å². The van der Waals surface area contributed by atoms with Gasteiger partial charge in [0, 0.05) is 52.8 Å². The normalized spacial score (nSPS) is 22.0. The number of likely N-dealkylation sites (tertiary alicyclic amines) is 1. The van der Waals surface area contributed by atoms with E-state index in [-0.39, 0.29) is 11.6 Å². The van der Waals surface area contributed by atoms with Crippen LogP contribution in [-0.4, -0.2) is 40.2 Å². The van der Waals surface area contributed by atoms with Crippen molar-refractivity contribution in [2.75, 3.05) is 19.6 Å². The Balaban J connectivity index is 1.42. The number of fused-ring (bicyclic) bond motifs is 2. The molecule has 2 aromatic rings. The summed E-state index contributed by atoms with van der Waals surface area (Å²) in [7, 11) is 0. The second-order valence-electron chi connectivity index (χ2n) is 8.14. The first-order valence-electron chi connectivity index (χ1n) is 10.2. The third kappa shape index (κ3) is 3.58. The number of rotatable bonds is 5. The standard InChI is InChI=1S/C23H27FN2OS/c1-3-18-14(2)25-20-12-16-8-10-26(13-19(16)23(28)22(18)20)11-9-21(27)15-4-6-17(24)7-5-15/h4-7,16,19,25H,3,8-13H2,1-2H3/t16-,19+/m0/s1. The van der Waals surface area contributed by atoms with Gasteiger partial charge in [-0.25, -0.2) is 4.39 Å². The Bertz CT molecular complexity index is 902. The summed E-state index contributed by atoms with van der Waals surface area (Å²) in [5.41, 5.74) is 5.86. The number of ketones is 1. The van der Waals surface area contributed by atoms with Crippen molar-refractivity contribution >= 4 is 22.9 Å². The topological polar surface area (TPSA) is 36.1 Å². The van der Waals surface area contributed by atoms with Crippen molar-refractivity contribution in [2.45, 2.75) is 39.5 Å². The number of aryl methyl sites for hydroxylation is 1. The molecule has 1 aromatic heterocycles. The van der Waals surface area contributed by atoms with Crippen molar-refractivity contribution in [3.63, 3.8) is 0 Å². The van der Waals surface area contributed by atoms with E-state index < -0.39 is 0 Å². The maximum Gasteiger partial charge on any atom is 0.164 e. The molecule has 1 saturated heterocycles. The molecule has 1 N–H and O–H groups in total. The first kappa shape index (κ1) is 19.5. The van der Waals surface area contributed by atoms with Crippen LogP contribution in [0.25, 0.3) is 0 Å². The van der Waals surface area contributed by atoms with Crippen LogP contribution in [0.3, 0.4) is 0 Å². The summed E-state index contributed by atoms with van der Waals surface area (Å²) >= 11 is 5.95. The number of hydrogen-bond donors (Lipinski definition) is 1. The predicted octanol–water partition coefficient (Wildman–Crippen LogP) is 4.51. The van der Waals surface area contributed by atoms with Crippen LogP contribution in [0.2, 0.25) is 0 Å². The van der Waals surface area contributed by atoms with Crippen LogP contribution in [0.5, 0.6) is 0 Å². The molecule has 2 aliphatic rings. The number of carbonyl (C=O) groups is 1. The van der Waals surface area contributed by atoms with Crippen LogP contribution in [0.4, 0.5) is 4.39 Å². The zero-order chi connectivity index (χ0) is 19.8. The lowest BCUT2D eigenvalue weighted by Crippen LogP contribution is -2.47. The molecule has 28 heavy (non-hydrogen) atoms. The van der Waals surface area contributed by atoms with E-state index in [9.17, 15) is 9.18 Å². The number of hydrogen-bond acceptors (Lipinski definition) is 3. The van der Waals surface area contributed by atoms with Gasteiger partial charge in [-0.2, -0.15) is 0 Å². The molecule has 0 spiro atoms. The zero-order valence-corrected chi connectivity index (χ0v) is 17.4. The fourth-order valence-corrected chi connectivity index (χ4v) is 5.44. The maximum absolute atomic E-state index is 13.0. The van der Waals surface area contributed by atoms with Crippen LogP contribution in [0, 0.1) is 24.6 Å². The highest BCUT2D eigenvalue weighted by molar-refractivity contribution is 7.80. The Labute approximate surface area is 171 Å². The van der Waals surface area contributed by atoms with Gasteiger partial charge in [0.15, 0.2) is 5.78 Å². The molecule has 5 heteroatoms. The minimum Gasteiger partial charge on any atom is -0.362 e. The van der Waals surface area contributed by atoms with Crippen molar-refractivity contribution in [1.29, 1.82) is 0 Å². The third-order valence-electron chi connectivity index (χ3n) is 6.46. The van der Waals surface area contributed by atoms with E-state index in [1.165, 1.54) is 34.6 Å². The summed E-state index contributed by atoms with van der Waals surface area (Å²) < 4.78 is 13.0. The number of thiocarbonyl (C=S) groups is 1. The van der Waals surface area contributed by atoms with Gasteiger partial charge in [-0.05, 0) is 68.5 Å². The van der Waals surface area contributed by atoms with Gasteiger partial charge < -0.3 is 9.88 Å². The first-order valence-corrected chi connectivity index (χ1v) is 10.6. The quantitative estimate of drug-likeness (QED) is 0.595. The molecule has 1 aliphatic heterocycles. The van der Waals surface area contributed by atoms with E-state index in [0.717, 1.165) is 43.8 Å². The lowest BCUT2D eigenvalue weighted by molar-refractivity contribution is 0.0938. The second-order valence-corrected chi connectivity index (χ2v) is 8.58. The van der Waals surface area contributed by atoms with Gasteiger partial charge in [-0.3, -0.25) is 4.79 Å². The molecule has 0 bridgehead atoms. The highest BCUT2D eigenvalue weighted by atomic mass is 32.1. The van der Waals surface area contributed by atoms with Crippen LogP contribution < -0.4 is 0 Å². The SMILES string of the molecule is CCc1c(C)[nH]c2c1C(=S)[C@@H]1CN(CCC(=O)c3ccc(F)cc3)CC[C@H]1C2. The largest absolute Gasteiger partial charge is 0.362 e. The number of carbonyl (C=O) groups excluding carboxylic acids is 1. The number of H-pyrrole nitrogens is 1. The van der Waals surface area contributed by atoms with Gasteiger partial charge in [0.2, 0.25) is 0 Å². The maximum atomic E-state index is 13.0. The van der Waals surface area contributed by atoms with Gasteiger partial charge >= 0.3 is 0 Å². The molecule has 0 radical (unpaired) electrons. The average Bonchev–Trinajstić information content (AvgIpc) is 3.02. The summed E-state index contributed by atoms with van der Waals surface area (Å²) in [6, 6.07) is 5.84. The monoisotopic (exact) mass is 398 g/mol. The van der Waals surface area contributed by atoms with E-state index in [0.29, 0.717) is 23.8 Å². The van der Waals surface area contributed by atoms with E-state index >= 15 is 0 Å². The number of nitrogens with zero attached hydrogens (tertiary/aromatic N) is 1. The van der Waals surface area contributed by atoms with Crippen molar-refractivity contribution in [2.24, 2.45) is 11.8 Å². The van der Waals surface area contributed by atoms with E-state index in [1.54, 1.807) is 12.1 Å². The second kappa shape index (κ2) is 7.88. The number of aromatic nitrogens is 1. The smallest absolute Gasteiger partial charge is 0.164 e. The Morgan fingerprint density at radius 3 is 2.79 bits per heavy atom. The molecule has 2 atom stereocenters. The molecule has 3 nitrogen and oxygen atoms in total. The van der Waals surface area contributed by atoms with Crippen molar-refractivity contribution in [3.05, 3.63) is 58.2 Å². The lowest BCUT2D eigenvalue weighted by Gasteiger charge is -2.41. The van der Waals surface area contributed by atoms with E-state index in [1.807, 2.05) is 0 Å². The highest BCUT2D eigenvalue weighted by Crippen LogP contribution is 2.38. The summed E-state index contributed by atoms with van der Waals surface area (Å²) in [4.78, 5) is 19.5. The first-order chi connectivity index (χ1) is 13.5.